The molecule has 1 aromatic heterocycles. The number of carbonyl (C=O) groups excluding carboxylic acids is 1. The lowest BCUT2D eigenvalue weighted by molar-refractivity contribution is 0.104. The maximum absolute atomic E-state index is 12.0. The number of anilines is 1. The predicted octanol–water partition coefficient (Wildman–Crippen LogP) is 4.24. The van der Waals surface area contributed by atoms with Gasteiger partial charge in [0, 0.05) is 29.7 Å². The molecule has 3 nitrogen and oxygen atoms in total. The highest BCUT2D eigenvalue weighted by molar-refractivity contribution is 6.33. The van der Waals surface area contributed by atoms with Crippen LogP contribution in [0.2, 0.25) is 5.02 Å². The van der Waals surface area contributed by atoms with Crippen molar-refractivity contribution in [2.45, 2.75) is 13.8 Å². The van der Waals surface area contributed by atoms with Gasteiger partial charge >= 0.3 is 0 Å². The second-order valence-corrected chi connectivity index (χ2v) is 4.95. The summed E-state index contributed by atoms with van der Waals surface area (Å²) in [5.74, 6) is -0.0909. The van der Waals surface area contributed by atoms with Gasteiger partial charge in [-0.05, 0) is 43.7 Å². The van der Waals surface area contributed by atoms with Crippen molar-refractivity contribution >= 4 is 23.1 Å². The topological polar surface area (TPSA) is 42.0 Å². The predicted molar refractivity (Wildman–Crippen MR) is 82.1 cm³/mol. The average Bonchev–Trinajstić information content (AvgIpc) is 2.43. The van der Waals surface area contributed by atoms with Crippen molar-refractivity contribution in [1.82, 2.24) is 4.98 Å². The van der Waals surface area contributed by atoms with Crippen LogP contribution in [-0.2, 0) is 0 Å². The van der Waals surface area contributed by atoms with Crippen LogP contribution in [-0.4, -0.2) is 10.8 Å². The second-order valence-electron chi connectivity index (χ2n) is 4.54. The lowest BCUT2D eigenvalue weighted by atomic mass is 10.1. The molecule has 0 aliphatic rings. The third kappa shape index (κ3) is 3.68. The maximum Gasteiger partial charge on any atom is 0.189 e. The summed E-state index contributed by atoms with van der Waals surface area (Å²) in [6.45, 7) is 3.81. The fourth-order valence-electron chi connectivity index (χ4n) is 1.77. The number of aromatic nitrogens is 1. The number of ketones is 1. The van der Waals surface area contributed by atoms with Crippen LogP contribution in [0.5, 0.6) is 0 Å². The minimum absolute atomic E-state index is 0.0909. The molecule has 0 aliphatic carbocycles. The Morgan fingerprint density at radius 1 is 1.35 bits per heavy atom. The number of aryl methyl sites for hydroxylation is 1. The first-order valence-corrected chi connectivity index (χ1v) is 6.60. The summed E-state index contributed by atoms with van der Waals surface area (Å²) in [4.78, 5) is 15.9. The zero-order valence-electron chi connectivity index (χ0n) is 11.4. The number of nitrogens with one attached hydrogen (secondary N) is 1. The molecule has 0 spiro atoms. The van der Waals surface area contributed by atoms with Crippen molar-refractivity contribution in [3.8, 4) is 0 Å². The molecule has 2 rings (SSSR count). The van der Waals surface area contributed by atoms with Gasteiger partial charge in [-0.2, -0.15) is 0 Å². The number of pyridine rings is 1. The standard InChI is InChI=1S/C16H15ClN2O/c1-11-5-6-14(17)15(8-11)19-12(2)9-16(20)13-4-3-7-18-10-13/h3-10,19H,1-2H3/b12-9-. The normalized spacial score (nSPS) is 11.2. The van der Waals surface area contributed by atoms with E-state index in [9.17, 15) is 4.79 Å². The molecule has 0 saturated carbocycles. The molecule has 1 N–H and O–H groups in total. The van der Waals surface area contributed by atoms with Gasteiger partial charge in [-0.1, -0.05) is 17.7 Å². The van der Waals surface area contributed by atoms with Gasteiger partial charge in [0.05, 0.1) is 10.7 Å². The number of allylic oxidation sites excluding steroid dienone is 2. The number of carbonyl (C=O) groups is 1. The quantitative estimate of drug-likeness (QED) is 0.675. The van der Waals surface area contributed by atoms with Gasteiger partial charge in [-0.15, -0.1) is 0 Å². The summed E-state index contributed by atoms with van der Waals surface area (Å²) >= 11 is 6.11. The third-order valence-electron chi connectivity index (χ3n) is 2.75. The fraction of sp³-hybridized carbons (Fsp3) is 0.125. The zero-order chi connectivity index (χ0) is 14.5. The fourth-order valence-corrected chi connectivity index (χ4v) is 1.94. The van der Waals surface area contributed by atoms with Crippen LogP contribution < -0.4 is 5.32 Å². The first kappa shape index (κ1) is 14.3. The van der Waals surface area contributed by atoms with E-state index in [1.54, 1.807) is 24.5 Å². The van der Waals surface area contributed by atoms with Gasteiger partial charge in [0.1, 0.15) is 0 Å². The molecule has 0 amide bonds. The van der Waals surface area contributed by atoms with Crippen molar-refractivity contribution in [1.29, 1.82) is 0 Å². The number of hydrogen-bond donors (Lipinski definition) is 1. The summed E-state index contributed by atoms with van der Waals surface area (Å²) in [6.07, 6.45) is 4.72. The average molecular weight is 287 g/mol. The Hall–Kier alpha value is -2.13. The van der Waals surface area contributed by atoms with E-state index in [0.717, 1.165) is 16.9 Å². The maximum atomic E-state index is 12.0. The van der Waals surface area contributed by atoms with Crippen LogP contribution in [0.15, 0.2) is 54.5 Å². The number of benzene rings is 1. The van der Waals surface area contributed by atoms with Gasteiger partial charge in [0.25, 0.3) is 0 Å². The van der Waals surface area contributed by atoms with Gasteiger partial charge < -0.3 is 5.32 Å². The molecule has 2 aromatic rings. The molecular formula is C16H15ClN2O. The Morgan fingerprint density at radius 2 is 2.15 bits per heavy atom. The Balaban J connectivity index is 2.15. The van der Waals surface area contributed by atoms with Gasteiger partial charge in [0.2, 0.25) is 0 Å². The van der Waals surface area contributed by atoms with E-state index in [4.69, 9.17) is 11.6 Å². The smallest absolute Gasteiger partial charge is 0.189 e. The molecule has 0 radical (unpaired) electrons. The number of nitrogens with zero attached hydrogens (tertiary/aromatic N) is 1. The number of rotatable bonds is 4. The van der Waals surface area contributed by atoms with Crippen LogP contribution in [0.1, 0.15) is 22.8 Å². The van der Waals surface area contributed by atoms with Crippen LogP contribution >= 0.6 is 11.6 Å². The molecule has 1 aromatic carbocycles. The summed E-state index contributed by atoms with van der Waals surface area (Å²) in [7, 11) is 0. The van der Waals surface area contributed by atoms with E-state index in [1.807, 2.05) is 32.0 Å². The summed E-state index contributed by atoms with van der Waals surface area (Å²) in [5, 5.41) is 3.76. The van der Waals surface area contributed by atoms with Crippen molar-refractivity contribution in [2.75, 3.05) is 5.32 Å². The lowest BCUT2D eigenvalue weighted by Crippen LogP contribution is -2.02. The van der Waals surface area contributed by atoms with E-state index in [2.05, 4.69) is 10.3 Å². The van der Waals surface area contributed by atoms with Gasteiger partial charge in [-0.25, -0.2) is 0 Å². The largest absolute Gasteiger partial charge is 0.358 e. The highest BCUT2D eigenvalue weighted by atomic mass is 35.5. The van der Waals surface area contributed by atoms with Crippen molar-refractivity contribution < 1.29 is 4.79 Å². The molecule has 0 unspecified atom stereocenters. The van der Waals surface area contributed by atoms with Crippen molar-refractivity contribution in [3.05, 3.63) is 70.6 Å². The molecule has 0 atom stereocenters. The summed E-state index contributed by atoms with van der Waals surface area (Å²) in [5.41, 5.74) is 3.18. The van der Waals surface area contributed by atoms with Crippen LogP contribution in [0.25, 0.3) is 0 Å². The molecule has 0 fully saturated rings. The van der Waals surface area contributed by atoms with E-state index in [-0.39, 0.29) is 5.78 Å². The molecule has 4 heteroatoms. The SMILES string of the molecule is C/C(=C/C(=O)c1cccnc1)Nc1cc(C)ccc1Cl. The molecule has 0 bridgehead atoms. The van der Waals surface area contributed by atoms with Crippen LogP contribution in [0.3, 0.4) is 0 Å². The minimum atomic E-state index is -0.0909. The second kappa shape index (κ2) is 6.35. The lowest BCUT2D eigenvalue weighted by Gasteiger charge is -2.09. The Morgan fingerprint density at radius 3 is 2.85 bits per heavy atom. The Labute approximate surface area is 123 Å². The molecule has 1 heterocycles. The first-order chi connectivity index (χ1) is 9.56. The van der Waals surface area contributed by atoms with E-state index < -0.39 is 0 Å². The molecule has 0 saturated heterocycles. The minimum Gasteiger partial charge on any atom is -0.358 e. The Bertz CT molecular complexity index is 651. The molecule has 102 valence electrons. The highest BCUT2D eigenvalue weighted by Gasteiger charge is 2.04. The molecular weight excluding hydrogens is 272 g/mol. The van der Waals surface area contributed by atoms with E-state index >= 15 is 0 Å². The zero-order valence-corrected chi connectivity index (χ0v) is 12.1. The Kier molecular flexibility index (Phi) is 4.53. The first-order valence-electron chi connectivity index (χ1n) is 6.22. The summed E-state index contributed by atoms with van der Waals surface area (Å²) < 4.78 is 0. The number of hydrogen-bond acceptors (Lipinski definition) is 3. The van der Waals surface area contributed by atoms with Crippen molar-refractivity contribution in [3.63, 3.8) is 0 Å². The van der Waals surface area contributed by atoms with Crippen LogP contribution in [0, 0.1) is 6.92 Å². The molecule has 0 aliphatic heterocycles. The summed E-state index contributed by atoms with van der Waals surface area (Å²) in [6, 6.07) is 9.18. The van der Waals surface area contributed by atoms with E-state index in [1.165, 1.54) is 6.08 Å². The number of halogens is 1. The van der Waals surface area contributed by atoms with Gasteiger partial charge in [-0.3, -0.25) is 9.78 Å². The van der Waals surface area contributed by atoms with E-state index in [0.29, 0.717) is 10.6 Å². The highest BCUT2D eigenvalue weighted by Crippen LogP contribution is 2.24. The molecule has 20 heavy (non-hydrogen) atoms. The van der Waals surface area contributed by atoms with Crippen molar-refractivity contribution in [2.24, 2.45) is 0 Å². The third-order valence-corrected chi connectivity index (χ3v) is 3.08. The van der Waals surface area contributed by atoms with Gasteiger partial charge in [0.15, 0.2) is 5.78 Å². The van der Waals surface area contributed by atoms with Crippen LogP contribution in [0.4, 0.5) is 5.69 Å². The monoisotopic (exact) mass is 286 g/mol.